The molecule has 1 aromatic rings. The summed E-state index contributed by atoms with van der Waals surface area (Å²) in [5.74, 6) is 0. The first-order valence-corrected chi connectivity index (χ1v) is 7.81. The van der Waals surface area contributed by atoms with Crippen LogP contribution in [0.1, 0.15) is 31.4 Å². The van der Waals surface area contributed by atoms with Gasteiger partial charge < -0.3 is 10.1 Å². The molecule has 2 rings (SSSR count). The second-order valence-electron chi connectivity index (χ2n) is 6.02. The summed E-state index contributed by atoms with van der Waals surface area (Å²) in [5, 5.41) is 3.57. The van der Waals surface area contributed by atoms with Crippen LogP contribution in [0.4, 0.5) is 5.69 Å². The number of rotatable bonds is 6. The molecule has 0 aromatic heterocycles. The van der Waals surface area contributed by atoms with Gasteiger partial charge in [0.25, 0.3) is 0 Å². The summed E-state index contributed by atoms with van der Waals surface area (Å²) in [6, 6.07) is 7.24. The van der Waals surface area contributed by atoms with Crippen molar-refractivity contribution < 1.29 is 4.74 Å². The number of benzene rings is 1. The molecule has 1 aromatic carbocycles. The molecule has 1 heterocycles. The maximum Gasteiger partial charge on any atom is 0.0594 e. The van der Waals surface area contributed by atoms with Crippen LogP contribution in [-0.2, 0) is 11.2 Å². The van der Waals surface area contributed by atoms with Crippen LogP contribution < -0.4 is 5.32 Å². The average molecular weight is 276 g/mol. The first kappa shape index (κ1) is 15.3. The predicted octanol–water partition coefficient (Wildman–Crippen LogP) is 3.08. The van der Waals surface area contributed by atoms with Crippen molar-refractivity contribution in [2.45, 2.75) is 39.7 Å². The summed E-state index contributed by atoms with van der Waals surface area (Å²) in [7, 11) is 0. The lowest BCUT2D eigenvalue weighted by atomic mass is 10.0. The van der Waals surface area contributed by atoms with Gasteiger partial charge in [-0.25, -0.2) is 0 Å². The van der Waals surface area contributed by atoms with E-state index in [1.165, 1.54) is 29.8 Å². The summed E-state index contributed by atoms with van der Waals surface area (Å²) < 4.78 is 5.39. The predicted molar refractivity (Wildman–Crippen MR) is 85.5 cm³/mol. The summed E-state index contributed by atoms with van der Waals surface area (Å²) >= 11 is 0. The maximum absolute atomic E-state index is 5.39. The number of ether oxygens (including phenoxy) is 1. The van der Waals surface area contributed by atoms with E-state index in [1.54, 1.807) is 0 Å². The molecule has 0 unspecified atom stereocenters. The van der Waals surface area contributed by atoms with Gasteiger partial charge in [0.15, 0.2) is 0 Å². The van der Waals surface area contributed by atoms with E-state index in [0.717, 1.165) is 32.7 Å². The summed E-state index contributed by atoms with van der Waals surface area (Å²) in [6.07, 6.45) is 2.36. The SMILES string of the molecule is Cc1ccc(CCCN2CCOCC2)c(NC(C)C)c1. The number of anilines is 1. The van der Waals surface area contributed by atoms with Gasteiger partial charge in [0.05, 0.1) is 13.2 Å². The highest BCUT2D eigenvalue weighted by Gasteiger charge is 2.10. The highest BCUT2D eigenvalue weighted by atomic mass is 16.5. The van der Waals surface area contributed by atoms with E-state index in [4.69, 9.17) is 4.74 Å². The maximum atomic E-state index is 5.39. The lowest BCUT2D eigenvalue weighted by molar-refractivity contribution is 0.0375. The van der Waals surface area contributed by atoms with E-state index >= 15 is 0 Å². The van der Waals surface area contributed by atoms with Gasteiger partial charge in [-0.2, -0.15) is 0 Å². The summed E-state index contributed by atoms with van der Waals surface area (Å²) in [4.78, 5) is 2.51. The van der Waals surface area contributed by atoms with Crippen LogP contribution in [0.5, 0.6) is 0 Å². The minimum Gasteiger partial charge on any atom is -0.383 e. The molecule has 0 saturated carbocycles. The molecule has 1 aliphatic heterocycles. The molecule has 3 heteroatoms. The number of nitrogens with one attached hydrogen (secondary N) is 1. The molecule has 0 aliphatic carbocycles. The zero-order chi connectivity index (χ0) is 14.4. The molecule has 0 spiro atoms. The topological polar surface area (TPSA) is 24.5 Å². The van der Waals surface area contributed by atoms with E-state index in [0.29, 0.717) is 6.04 Å². The van der Waals surface area contributed by atoms with Crippen LogP contribution in [0.3, 0.4) is 0 Å². The molecular weight excluding hydrogens is 248 g/mol. The van der Waals surface area contributed by atoms with Crippen molar-refractivity contribution in [3.8, 4) is 0 Å². The van der Waals surface area contributed by atoms with Crippen LogP contribution in [0.2, 0.25) is 0 Å². The van der Waals surface area contributed by atoms with Gasteiger partial charge >= 0.3 is 0 Å². The second kappa shape index (κ2) is 7.65. The minimum absolute atomic E-state index is 0.481. The Labute approximate surface area is 123 Å². The second-order valence-corrected chi connectivity index (χ2v) is 6.02. The summed E-state index contributed by atoms with van der Waals surface area (Å²) in [5.41, 5.74) is 4.07. The van der Waals surface area contributed by atoms with E-state index < -0.39 is 0 Å². The van der Waals surface area contributed by atoms with Crippen LogP contribution in [-0.4, -0.2) is 43.8 Å². The Kier molecular flexibility index (Phi) is 5.86. The van der Waals surface area contributed by atoms with E-state index in [2.05, 4.69) is 49.2 Å². The Hall–Kier alpha value is -1.06. The van der Waals surface area contributed by atoms with Crippen molar-refractivity contribution in [3.05, 3.63) is 29.3 Å². The quantitative estimate of drug-likeness (QED) is 0.864. The van der Waals surface area contributed by atoms with Gasteiger partial charge in [-0.3, -0.25) is 4.90 Å². The molecule has 0 atom stereocenters. The van der Waals surface area contributed by atoms with Gasteiger partial charge in [0, 0.05) is 24.8 Å². The van der Waals surface area contributed by atoms with Crippen molar-refractivity contribution in [2.24, 2.45) is 0 Å². The van der Waals surface area contributed by atoms with E-state index in [9.17, 15) is 0 Å². The lowest BCUT2D eigenvalue weighted by Gasteiger charge is -2.26. The molecule has 1 fully saturated rings. The molecule has 0 bridgehead atoms. The number of hydrogen-bond acceptors (Lipinski definition) is 3. The van der Waals surface area contributed by atoms with Crippen LogP contribution in [0.15, 0.2) is 18.2 Å². The van der Waals surface area contributed by atoms with Crippen LogP contribution in [0.25, 0.3) is 0 Å². The van der Waals surface area contributed by atoms with Crippen molar-refractivity contribution in [3.63, 3.8) is 0 Å². The Bertz CT molecular complexity index is 411. The van der Waals surface area contributed by atoms with Gasteiger partial charge in [0.2, 0.25) is 0 Å². The highest BCUT2D eigenvalue weighted by molar-refractivity contribution is 5.53. The van der Waals surface area contributed by atoms with E-state index in [-0.39, 0.29) is 0 Å². The monoisotopic (exact) mass is 276 g/mol. The normalized spacial score (nSPS) is 16.6. The fourth-order valence-electron chi connectivity index (χ4n) is 2.67. The van der Waals surface area contributed by atoms with Gasteiger partial charge in [-0.05, 0) is 57.4 Å². The molecule has 0 amide bonds. The third-order valence-corrected chi connectivity index (χ3v) is 3.73. The molecule has 1 N–H and O–H groups in total. The molecule has 20 heavy (non-hydrogen) atoms. The van der Waals surface area contributed by atoms with Gasteiger partial charge in [-0.15, -0.1) is 0 Å². The number of aryl methyl sites for hydroxylation is 2. The highest BCUT2D eigenvalue weighted by Crippen LogP contribution is 2.20. The molecule has 0 radical (unpaired) electrons. The number of morpholine rings is 1. The Balaban J connectivity index is 1.87. The Morgan fingerprint density at radius 3 is 2.70 bits per heavy atom. The zero-order valence-electron chi connectivity index (χ0n) is 13.1. The fourth-order valence-corrected chi connectivity index (χ4v) is 2.67. The molecule has 112 valence electrons. The van der Waals surface area contributed by atoms with Crippen LogP contribution in [0, 0.1) is 6.92 Å². The number of hydrogen-bond donors (Lipinski definition) is 1. The Morgan fingerprint density at radius 2 is 2.00 bits per heavy atom. The lowest BCUT2D eigenvalue weighted by Crippen LogP contribution is -2.36. The number of nitrogens with zero attached hydrogens (tertiary/aromatic N) is 1. The van der Waals surface area contributed by atoms with Crippen molar-refractivity contribution in [2.75, 3.05) is 38.2 Å². The van der Waals surface area contributed by atoms with Gasteiger partial charge in [-0.1, -0.05) is 12.1 Å². The smallest absolute Gasteiger partial charge is 0.0594 e. The van der Waals surface area contributed by atoms with E-state index in [1.807, 2.05) is 0 Å². The van der Waals surface area contributed by atoms with Crippen molar-refractivity contribution >= 4 is 5.69 Å². The largest absolute Gasteiger partial charge is 0.383 e. The molecule has 1 saturated heterocycles. The van der Waals surface area contributed by atoms with Crippen molar-refractivity contribution in [1.82, 2.24) is 4.90 Å². The third-order valence-electron chi connectivity index (χ3n) is 3.73. The molecule has 3 nitrogen and oxygen atoms in total. The molecular formula is C17H28N2O. The minimum atomic E-state index is 0.481. The standard InChI is InChI=1S/C17H28N2O/c1-14(2)18-17-13-15(3)6-7-16(17)5-4-8-19-9-11-20-12-10-19/h6-7,13-14,18H,4-5,8-12H2,1-3H3. The fraction of sp³-hybridized carbons (Fsp3) is 0.647. The van der Waals surface area contributed by atoms with Crippen LogP contribution >= 0.6 is 0 Å². The summed E-state index contributed by atoms with van der Waals surface area (Å²) in [6.45, 7) is 11.7. The first-order valence-electron chi connectivity index (χ1n) is 7.81. The zero-order valence-corrected chi connectivity index (χ0v) is 13.1. The first-order chi connectivity index (χ1) is 9.65. The molecule has 1 aliphatic rings. The van der Waals surface area contributed by atoms with Crippen molar-refractivity contribution in [1.29, 1.82) is 0 Å². The van der Waals surface area contributed by atoms with Gasteiger partial charge in [0.1, 0.15) is 0 Å². The Morgan fingerprint density at radius 1 is 1.25 bits per heavy atom. The average Bonchev–Trinajstić information content (AvgIpc) is 2.42. The third kappa shape index (κ3) is 4.80.